The van der Waals surface area contributed by atoms with Crippen molar-refractivity contribution in [3.8, 4) is 0 Å². The van der Waals surface area contributed by atoms with E-state index in [-0.39, 0.29) is 5.91 Å². The maximum Gasteiger partial charge on any atom is 0.223 e. The molecule has 3 heteroatoms. The Balaban J connectivity index is 1.67. The molecule has 1 aromatic carbocycles. The van der Waals surface area contributed by atoms with Crippen LogP contribution < -0.4 is 10.6 Å². The predicted octanol–water partition coefficient (Wildman–Crippen LogP) is 1.92. The van der Waals surface area contributed by atoms with Gasteiger partial charge in [0.15, 0.2) is 0 Å². The van der Waals surface area contributed by atoms with Crippen LogP contribution in [0.25, 0.3) is 0 Å². The number of rotatable bonds is 6. The van der Waals surface area contributed by atoms with Crippen molar-refractivity contribution in [3.05, 3.63) is 34.9 Å². The first kappa shape index (κ1) is 13.1. The lowest BCUT2D eigenvalue weighted by atomic mass is 10.0. The minimum absolute atomic E-state index is 0.226. The SMILES string of the molecule is Cc1cccc(C)c1CNCCNC(=O)C1CC1. The quantitative estimate of drug-likeness (QED) is 0.753. The minimum Gasteiger partial charge on any atom is -0.355 e. The van der Waals surface area contributed by atoms with Crippen molar-refractivity contribution < 1.29 is 4.79 Å². The summed E-state index contributed by atoms with van der Waals surface area (Å²) >= 11 is 0. The monoisotopic (exact) mass is 246 g/mol. The van der Waals surface area contributed by atoms with E-state index in [1.54, 1.807) is 0 Å². The summed E-state index contributed by atoms with van der Waals surface area (Å²) in [4.78, 5) is 11.4. The molecule has 2 N–H and O–H groups in total. The van der Waals surface area contributed by atoms with Gasteiger partial charge in [-0.2, -0.15) is 0 Å². The molecule has 1 aromatic rings. The number of hydrogen-bond donors (Lipinski definition) is 2. The van der Waals surface area contributed by atoms with Crippen LogP contribution in [0.5, 0.6) is 0 Å². The number of hydrogen-bond acceptors (Lipinski definition) is 2. The number of benzene rings is 1. The molecular weight excluding hydrogens is 224 g/mol. The third-order valence-electron chi connectivity index (χ3n) is 3.50. The van der Waals surface area contributed by atoms with Gasteiger partial charge in [-0.1, -0.05) is 18.2 Å². The van der Waals surface area contributed by atoms with Crippen molar-refractivity contribution in [1.29, 1.82) is 0 Å². The first-order valence-corrected chi connectivity index (χ1v) is 6.72. The second-order valence-corrected chi connectivity index (χ2v) is 5.11. The fourth-order valence-electron chi connectivity index (χ4n) is 2.11. The maximum absolute atomic E-state index is 11.4. The zero-order valence-corrected chi connectivity index (χ0v) is 11.3. The molecule has 1 fully saturated rings. The van der Waals surface area contributed by atoms with Crippen molar-refractivity contribution >= 4 is 5.91 Å². The number of aryl methyl sites for hydroxylation is 2. The van der Waals surface area contributed by atoms with Crippen molar-refractivity contribution in [2.75, 3.05) is 13.1 Å². The molecule has 1 aliphatic carbocycles. The summed E-state index contributed by atoms with van der Waals surface area (Å²) in [6.45, 7) is 6.70. The highest BCUT2D eigenvalue weighted by Gasteiger charge is 2.28. The summed E-state index contributed by atoms with van der Waals surface area (Å²) in [5.41, 5.74) is 4.01. The van der Waals surface area contributed by atoms with Gasteiger partial charge in [0.2, 0.25) is 5.91 Å². The highest BCUT2D eigenvalue weighted by atomic mass is 16.2. The number of carbonyl (C=O) groups excluding carboxylic acids is 1. The fourth-order valence-corrected chi connectivity index (χ4v) is 2.11. The van der Waals surface area contributed by atoms with Crippen molar-refractivity contribution in [2.45, 2.75) is 33.2 Å². The summed E-state index contributed by atoms with van der Waals surface area (Å²) in [5, 5.41) is 6.34. The molecule has 1 amide bonds. The Bertz CT molecular complexity index is 404. The molecule has 0 aromatic heterocycles. The first-order valence-electron chi connectivity index (χ1n) is 6.72. The van der Waals surface area contributed by atoms with Crippen LogP contribution in [-0.2, 0) is 11.3 Å². The Morgan fingerprint density at radius 1 is 1.22 bits per heavy atom. The molecule has 1 saturated carbocycles. The van der Waals surface area contributed by atoms with E-state index in [4.69, 9.17) is 0 Å². The lowest BCUT2D eigenvalue weighted by molar-refractivity contribution is -0.122. The van der Waals surface area contributed by atoms with Crippen molar-refractivity contribution in [3.63, 3.8) is 0 Å². The van der Waals surface area contributed by atoms with Gasteiger partial charge in [-0.15, -0.1) is 0 Å². The van der Waals surface area contributed by atoms with Gasteiger partial charge in [-0.25, -0.2) is 0 Å². The average molecular weight is 246 g/mol. The molecular formula is C15H22N2O. The lowest BCUT2D eigenvalue weighted by Gasteiger charge is -2.11. The van der Waals surface area contributed by atoms with Crippen LogP contribution in [0.15, 0.2) is 18.2 Å². The molecule has 2 rings (SSSR count). The predicted molar refractivity (Wildman–Crippen MR) is 73.4 cm³/mol. The number of carbonyl (C=O) groups is 1. The van der Waals surface area contributed by atoms with Gasteiger partial charge in [-0.05, 0) is 43.4 Å². The number of amides is 1. The Kier molecular flexibility index (Phi) is 4.37. The van der Waals surface area contributed by atoms with E-state index in [2.05, 4.69) is 42.7 Å². The second kappa shape index (κ2) is 6.01. The summed E-state index contributed by atoms with van der Waals surface area (Å²) in [6, 6.07) is 6.36. The largest absolute Gasteiger partial charge is 0.355 e. The highest BCUT2D eigenvalue weighted by Crippen LogP contribution is 2.28. The van der Waals surface area contributed by atoms with E-state index < -0.39 is 0 Å². The summed E-state index contributed by atoms with van der Waals surface area (Å²) in [7, 11) is 0. The van der Waals surface area contributed by atoms with Gasteiger partial charge in [-0.3, -0.25) is 4.79 Å². The van der Waals surface area contributed by atoms with Gasteiger partial charge in [0, 0.05) is 25.6 Å². The van der Waals surface area contributed by atoms with Crippen LogP contribution >= 0.6 is 0 Å². The van der Waals surface area contributed by atoms with Crippen LogP contribution in [0.3, 0.4) is 0 Å². The van der Waals surface area contributed by atoms with Crippen LogP contribution in [0, 0.1) is 19.8 Å². The zero-order chi connectivity index (χ0) is 13.0. The fraction of sp³-hybridized carbons (Fsp3) is 0.533. The summed E-state index contributed by atoms with van der Waals surface area (Å²) in [6.07, 6.45) is 2.14. The number of nitrogens with one attached hydrogen (secondary N) is 2. The molecule has 3 nitrogen and oxygen atoms in total. The molecule has 1 aliphatic rings. The van der Waals surface area contributed by atoms with Crippen molar-refractivity contribution in [2.24, 2.45) is 5.92 Å². The lowest BCUT2D eigenvalue weighted by Crippen LogP contribution is -2.32. The minimum atomic E-state index is 0.226. The molecule has 0 radical (unpaired) electrons. The van der Waals surface area contributed by atoms with E-state index in [0.717, 1.165) is 32.5 Å². The topological polar surface area (TPSA) is 41.1 Å². The zero-order valence-electron chi connectivity index (χ0n) is 11.3. The molecule has 0 atom stereocenters. The van der Waals surface area contributed by atoms with E-state index >= 15 is 0 Å². The molecule has 0 unspecified atom stereocenters. The molecule has 0 aliphatic heterocycles. The molecule has 0 spiro atoms. The van der Waals surface area contributed by atoms with E-state index in [9.17, 15) is 4.79 Å². The Morgan fingerprint density at radius 3 is 2.50 bits per heavy atom. The standard InChI is InChI=1S/C15H22N2O/c1-11-4-3-5-12(2)14(11)10-16-8-9-17-15(18)13-6-7-13/h3-5,13,16H,6-10H2,1-2H3,(H,17,18). The second-order valence-electron chi connectivity index (χ2n) is 5.11. The van der Waals surface area contributed by atoms with Crippen LogP contribution in [-0.4, -0.2) is 19.0 Å². The maximum atomic E-state index is 11.4. The van der Waals surface area contributed by atoms with Crippen LogP contribution in [0.1, 0.15) is 29.5 Å². The third-order valence-corrected chi connectivity index (χ3v) is 3.50. The van der Waals surface area contributed by atoms with Crippen molar-refractivity contribution in [1.82, 2.24) is 10.6 Å². The first-order chi connectivity index (χ1) is 8.68. The van der Waals surface area contributed by atoms with Crippen LogP contribution in [0.4, 0.5) is 0 Å². The Morgan fingerprint density at radius 2 is 1.89 bits per heavy atom. The van der Waals surface area contributed by atoms with Crippen LogP contribution in [0.2, 0.25) is 0 Å². The molecule has 0 saturated heterocycles. The van der Waals surface area contributed by atoms with Gasteiger partial charge in [0.05, 0.1) is 0 Å². The van der Waals surface area contributed by atoms with E-state index in [1.165, 1.54) is 16.7 Å². The Hall–Kier alpha value is -1.35. The van der Waals surface area contributed by atoms with Gasteiger partial charge < -0.3 is 10.6 Å². The molecule has 18 heavy (non-hydrogen) atoms. The third kappa shape index (κ3) is 3.57. The highest BCUT2D eigenvalue weighted by molar-refractivity contribution is 5.80. The molecule has 0 bridgehead atoms. The smallest absolute Gasteiger partial charge is 0.223 e. The van der Waals surface area contributed by atoms with E-state index in [0.29, 0.717) is 5.92 Å². The average Bonchev–Trinajstić information content (AvgIpc) is 3.15. The Labute approximate surface area is 109 Å². The molecule has 0 heterocycles. The summed E-state index contributed by atoms with van der Waals surface area (Å²) < 4.78 is 0. The summed E-state index contributed by atoms with van der Waals surface area (Å²) in [5.74, 6) is 0.535. The normalized spacial score (nSPS) is 14.6. The van der Waals surface area contributed by atoms with E-state index in [1.807, 2.05) is 0 Å². The van der Waals surface area contributed by atoms with Gasteiger partial charge in [0.1, 0.15) is 0 Å². The van der Waals surface area contributed by atoms with Gasteiger partial charge >= 0.3 is 0 Å². The van der Waals surface area contributed by atoms with Gasteiger partial charge in [0.25, 0.3) is 0 Å². The molecule has 98 valence electrons.